The van der Waals surface area contributed by atoms with Crippen LogP contribution in [-0.4, -0.2) is 16.7 Å². The number of hydrogen-bond donors (Lipinski definition) is 2. The van der Waals surface area contributed by atoms with Crippen LogP contribution in [0.4, 0.5) is 5.82 Å². The summed E-state index contributed by atoms with van der Waals surface area (Å²) < 4.78 is 0. The van der Waals surface area contributed by atoms with Gasteiger partial charge in [-0.2, -0.15) is 5.10 Å². The van der Waals surface area contributed by atoms with Crippen molar-refractivity contribution in [2.75, 3.05) is 11.9 Å². The van der Waals surface area contributed by atoms with Gasteiger partial charge in [-0.25, -0.2) is 0 Å². The van der Waals surface area contributed by atoms with Crippen LogP contribution in [0.5, 0.6) is 0 Å². The van der Waals surface area contributed by atoms with Gasteiger partial charge < -0.3 is 5.32 Å². The van der Waals surface area contributed by atoms with Crippen LogP contribution in [0.15, 0.2) is 0 Å². The van der Waals surface area contributed by atoms with E-state index in [-0.39, 0.29) is 0 Å². The molecule has 0 radical (unpaired) electrons. The molecule has 2 N–H and O–H groups in total. The topological polar surface area (TPSA) is 40.7 Å². The van der Waals surface area contributed by atoms with Crippen molar-refractivity contribution in [3.05, 3.63) is 11.3 Å². The molecular weight excluding hydrogens is 198 g/mol. The Hall–Kier alpha value is -0.990. The van der Waals surface area contributed by atoms with Gasteiger partial charge in [-0.3, -0.25) is 5.10 Å². The second kappa shape index (κ2) is 4.48. The van der Waals surface area contributed by atoms with E-state index in [1.165, 1.54) is 62.6 Å². The Bertz CT molecular complexity index is 350. The first-order valence-corrected chi connectivity index (χ1v) is 6.76. The number of nitrogens with zero attached hydrogens (tertiary/aromatic N) is 1. The Labute approximate surface area is 97.0 Å². The van der Waals surface area contributed by atoms with Crippen molar-refractivity contribution < 1.29 is 0 Å². The maximum atomic E-state index is 4.46. The third kappa shape index (κ3) is 1.83. The first-order chi connectivity index (χ1) is 7.95. The number of aromatic amines is 1. The summed E-state index contributed by atoms with van der Waals surface area (Å²) in [6.07, 6.45) is 10.7. The molecule has 0 amide bonds. The lowest BCUT2D eigenvalue weighted by Crippen LogP contribution is -2.07. The molecule has 3 heteroatoms. The normalized spacial score (nSPS) is 22.2. The highest BCUT2D eigenvalue weighted by Gasteiger charge is 2.23. The molecule has 3 nitrogen and oxygen atoms in total. The lowest BCUT2D eigenvalue weighted by molar-refractivity contribution is 0.434. The quantitative estimate of drug-likeness (QED) is 0.761. The highest BCUT2D eigenvalue weighted by molar-refractivity contribution is 5.48. The van der Waals surface area contributed by atoms with Crippen molar-refractivity contribution in [1.29, 1.82) is 0 Å². The SMILES string of the molecule is C1CCC(c2[nH]nc3c2CCCCN3)CC1. The summed E-state index contributed by atoms with van der Waals surface area (Å²) in [4.78, 5) is 0. The number of fused-ring (bicyclic) bond motifs is 1. The Morgan fingerprint density at radius 2 is 1.88 bits per heavy atom. The minimum Gasteiger partial charge on any atom is -0.368 e. The van der Waals surface area contributed by atoms with Crippen molar-refractivity contribution in [2.45, 2.75) is 57.3 Å². The minimum absolute atomic E-state index is 0.755. The summed E-state index contributed by atoms with van der Waals surface area (Å²) in [5, 5.41) is 11.2. The van der Waals surface area contributed by atoms with Crippen molar-refractivity contribution in [3.63, 3.8) is 0 Å². The molecule has 1 aromatic heterocycles. The maximum Gasteiger partial charge on any atom is 0.151 e. The van der Waals surface area contributed by atoms with E-state index >= 15 is 0 Å². The first kappa shape index (κ1) is 10.2. The third-order valence-electron chi connectivity index (χ3n) is 4.06. The van der Waals surface area contributed by atoms with E-state index in [2.05, 4.69) is 15.5 Å². The van der Waals surface area contributed by atoms with Gasteiger partial charge >= 0.3 is 0 Å². The Morgan fingerprint density at radius 1 is 1.00 bits per heavy atom. The van der Waals surface area contributed by atoms with Crippen LogP contribution in [0, 0.1) is 0 Å². The summed E-state index contributed by atoms with van der Waals surface area (Å²) in [6, 6.07) is 0. The molecule has 0 saturated heterocycles. The molecular formula is C13H21N3. The fraction of sp³-hybridized carbons (Fsp3) is 0.769. The predicted octanol–water partition coefficient (Wildman–Crippen LogP) is 3.21. The number of nitrogens with one attached hydrogen (secondary N) is 2. The molecule has 1 aliphatic heterocycles. The van der Waals surface area contributed by atoms with E-state index in [0.29, 0.717) is 0 Å². The number of rotatable bonds is 1. The number of H-pyrrole nitrogens is 1. The molecule has 88 valence electrons. The minimum atomic E-state index is 0.755. The molecule has 1 saturated carbocycles. The molecule has 1 fully saturated rings. The molecule has 0 unspecified atom stereocenters. The van der Waals surface area contributed by atoms with Gasteiger partial charge in [0.1, 0.15) is 0 Å². The zero-order valence-electron chi connectivity index (χ0n) is 9.89. The molecule has 3 rings (SSSR count). The van der Waals surface area contributed by atoms with E-state index in [0.717, 1.165) is 18.3 Å². The second-order valence-corrected chi connectivity index (χ2v) is 5.18. The van der Waals surface area contributed by atoms with Gasteiger partial charge in [-0.1, -0.05) is 19.3 Å². The summed E-state index contributed by atoms with van der Waals surface area (Å²) in [5.41, 5.74) is 2.94. The lowest BCUT2D eigenvalue weighted by atomic mass is 9.85. The molecule has 2 heterocycles. The molecule has 0 aromatic carbocycles. The maximum absolute atomic E-state index is 4.46. The highest BCUT2D eigenvalue weighted by atomic mass is 15.2. The largest absolute Gasteiger partial charge is 0.368 e. The molecule has 0 spiro atoms. The van der Waals surface area contributed by atoms with Gasteiger partial charge in [0.15, 0.2) is 5.82 Å². The van der Waals surface area contributed by atoms with E-state index in [9.17, 15) is 0 Å². The Kier molecular flexibility index (Phi) is 2.85. The molecule has 16 heavy (non-hydrogen) atoms. The fourth-order valence-electron chi connectivity index (χ4n) is 3.14. The number of anilines is 1. The average Bonchev–Trinajstić information content (AvgIpc) is 2.60. The molecule has 1 aliphatic carbocycles. The number of aromatic nitrogens is 2. The van der Waals surface area contributed by atoms with E-state index in [1.807, 2.05) is 0 Å². The first-order valence-electron chi connectivity index (χ1n) is 6.76. The van der Waals surface area contributed by atoms with Gasteiger partial charge in [-0.15, -0.1) is 0 Å². The smallest absolute Gasteiger partial charge is 0.151 e. The van der Waals surface area contributed by atoms with Gasteiger partial charge in [0, 0.05) is 23.7 Å². The Morgan fingerprint density at radius 3 is 2.75 bits per heavy atom. The summed E-state index contributed by atoms with van der Waals surface area (Å²) in [7, 11) is 0. The second-order valence-electron chi connectivity index (χ2n) is 5.18. The molecule has 0 atom stereocenters. The standard InChI is InChI=1S/C13H21N3/c1-2-6-10(7-3-1)12-11-8-4-5-9-14-13(11)16-15-12/h10H,1-9H2,(H2,14,15,16). The van der Waals surface area contributed by atoms with Gasteiger partial charge in [0.25, 0.3) is 0 Å². The Balaban J connectivity index is 1.86. The number of hydrogen-bond acceptors (Lipinski definition) is 2. The summed E-state index contributed by atoms with van der Waals surface area (Å²) in [5.74, 6) is 1.89. The third-order valence-corrected chi connectivity index (χ3v) is 4.06. The highest BCUT2D eigenvalue weighted by Crippen LogP contribution is 2.36. The van der Waals surface area contributed by atoms with Crippen LogP contribution in [0.3, 0.4) is 0 Å². The van der Waals surface area contributed by atoms with Crippen molar-refractivity contribution in [3.8, 4) is 0 Å². The van der Waals surface area contributed by atoms with E-state index < -0.39 is 0 Å². The van der Waals surface area contributed by atoms with Gasteiger partial charge in [0.2, 0.25) is 0 Å². The van der Waals surface area contributed by atoms with Crippen molar-refractivity contribution >= 4 is 5.82 Å². The van der Waals surface area contributed by atoms with Gasteiger partial charge in [0.05, 0.1) is 0 Å². The fourth-order valence-corrected chi connectivity index (χ4v) is 3.14. The predicted molar refractivity (Wildman–Crippen MR) is 65.8 cm³/mol. The van der Waals surface area contributed by atoms with E-state index in [4.69, 9.17) is 0 Å². The zero-order chi connectivity index (χ0) is 10.8. The van der Waals surface area contributed by atoms with E-state index in [1.54, 1.807) is 0 Å². The summed E-state index contributed by atoms with van der Waals surface area (Å²) in [6.45, 7) is 1.09. The lowest BCUT2D eigenvalue weighted by Gasteiger charge is -2.21. The molecule has 1 aromatic rings. The molecule has 2 aliphatic rings. The van der Waals surface area contributed by atoms with Crippen LogP contribution in [0.2, 0.25) is 0 Å². The van der Waals surface area contributed by atoms with Gasteiger partial charge in [-0.05, 0) is 32.1 Å². The van der Waals surface area contributed by atoms with Crippen LogP contribution < -0.4 is 5.32 Å². The average molecular weight is 219 g/mol. The zero-order valence-corrected chi connectivity index (χ0v) is 9.89. The van der Waals surface area contributed by atoms with Crippen LogP contribution in [-0.2, 0) is 6.42 Å². The van der Waals surface area contributed by atoms with Crippen molar-refractivity contribution in [1.82, 2.24) is 10.2 Å². The monoisotopic (exact) mass is 219 g/mol. The van der Waals surface area contributed by atoms with Crippen LogP contribution in [0.1, 0.15) is 62.1 Å². The van der Waals surface area contributed by atoms with Crippen LogP contribution >= 0.6 is 0 Å². The van der Waals surface area contributed by atoms with Crippen LogP contribution in [0.25, 0.3) is 0 Å². The van der Waals surface area contributed by atoms with Crippen molar-refractivity contribution in [2.24, 2.45) is 0 Å². The summed E-state index contributed by atoms with van der Waals surface area (Å²) >= 11 is 0. The molecule has 0 bridgehead atoms.